The molecule has 0 aliphatic heterocycles. The summed E-state index contributed by atoms with van der Waals surface area (Å²) in [6.07, 6.45) is 7.30. The lowest BCUT2D eigenvalue weighted by molar-refractivity contribution is -0.118. The van der Waals surface area contributed by atoms with E-state index in [9.17, 15) is 4.79 Å². The van der Waals surface area contributed by atoms with Crippen LogP contribution in [0.5, 0.6) is 0 Å². The zero-order valence-electron chi connectivity index (χ0n) is 15.6. The molecule has 0 spiro atoms. The van der Waals surface area contributed by atoms with Gasteiger partial charge in [0.05, 0.1) is 5.92 Å². The Balaban J connectivity index is 1.47. The summed E-state index contributed by atoms with van der Waals surface area (Å²) in [6.45, 7) is 0. The van der Waals surface area contributed by atoms with Gasteiger partial charge in [-0.25, -0.2) is 4.98 Å². The Bertz CT molecular complexity index is 917. The molecule has 28 heavy (non-hydrogen) atoms. The highest BCUT2D eigenvalue weighted by atomic mass is 35.5. The molecule has 3 aromatic rings. The van der Waals surface area contributed by atoms with Crippen LogP contribution in [0.1, 0.15) is 47.6 Å². The lowest BCUT2D eigenvalue weighted by Crippen LogP contribution is -2.26. The fourth-order valence-corrected chi connectivity index (χ4v) is 5.00. The van der Waals surface area contributed by atoms with Crippen LogP contribution in [-0.2, 0) is 11.2 Å². The average molecular weight is 411 g/mol. The molecule has 1 N–H and O–H groups in total. The summed E-state index contributed by atoms with van der Waals surface area (Å²) in [7, 11) is 0. The van der Waals surface area contributed by atoms with E-state index in [1.165, 1.54) is 29.7 Å². The number of carbonyl (C=O) groups excluding carboxylic acids is 1. The number of rotatable bonds is 6. The molecule has 1 atom stereocenters. The molecule has 5 heteroatoms. The van der Waals surface area contributed by atoms with Crippen molar-refractivity contribution in [2.45, 2.75) is 38.0 Å². The smallest absolute Gasteiger partial charge is 0.233 e. The van der Waals surface area contributed by atoms with E-state index < -0.39 is 0 Å². The third-order valence-electron chi connectivity index (χ3n) is 5.39. The lowest BCUT2D eigenvalue weighted by atomic mass is 9.84. The largest absolute Gasteiger partial charge is 0.301 e. The van der Waals surface area contributed by atoms with E-state index in [0.29, 0.717) is 11.0 Å². The van der Waals surface area contributed by atoms with E-state index in [1.54, 1.807) is 0 Å². The van der Waals surface area contributed by atoms with Crippen LogP contribution in [0.3, 0.4) is 0 Å². The molecule has 1 saturated carbocycles. The summed E-state index contributed by atoms with van der Waals surface area (Å²) >= 11 is 7.49. The zero-order valence-corrected chi connectivity index (χ0v) is 17.2. The zero-order chi connectivity index (χ0) is 19.3. The molecule has 3 nitrogen and oxygen atoms in total. The fraction of sp³-hybridized carbons (Fsp3) is 0.304. The Morgan fingerprint density at radius 2 is 1.82 bits per heavy atom. The van der Waals surface area contributed by atoms with Crippen LogP contribution in [0.4, 0.5) is 5.13 Å². The Morgan fingerprint density at radius 1 is 1.11 bits per heavy atom. The second kappa shape index (κ2) is 8.89. The van der Waals surface area contributed by atoms with Crippen molar-refractivity contribution in [1.29, 1.82) is 0 Å². The number of nitrogens with zero attached hydrogens (tertiary/aromatic N) is 1. The number of hydrogen-bond acceptors (Lipinski definition) is 3. The Kier molecular flexibility index (Phi) is 6.08. The highest BCUT2D eigenvalue weighted by Gasteiger charge is 2.32. The molecule has 0 bridgehead atoms. The molecule has 144 valence electrons. The van der Waals surface area contributed by atoms with Crippen molar-refractivity contribution in [3.63, 3.8) is 0 Å². The molecule has 1 fully saturated rings. The summed E-state index contributed by atoms with van der Waals surface area (Å²) in [6, 6.07) is 18.0. The summed E-state index contributed by atoms with van der Waals surface area (Å²) in [5.41, 5.74) is 2.28. The number of hydrogen-bond donors (Lipinski definition) is 1. The molecule has 1 heterocycles. The van der Waals surface area contributed by atoms with Gasteiger partial charge in [0.15, 0.2) is 5.13 Å². The number of carbonyl (C=O) groups is 1. The summed E-state index contributed by atoms with van der Waals surface area (Å²) < 4.78 is 0. The first-order chi connectivity index (χ1) is 13.7. The first-order valence-corrected chi connectivity index (χ1v) is 10.9. The fourth-order valence-electron chi connectivity index (χ4n) is 4.02. The SMILES string of the molecule is O=C(Nc1ncc(Cc2ccc(Cl)cc2)s1)C(c1ccccc1)C1CCCC1. The van der Waals surface area contributed by atoms with Gasteiger partial charge in [-0.15, -0.1) is 11.3 Å². The van der Waals surface area contributed by atoms with Crippen molar-refractivity contribution in [1.82, 2.24) is 4.98 Å². The van der Waals surface area contributed by atoms with Crippen LogP contribution in [0.25, 0.3) is 0 Å². The summed E-state index contributed by atoms with van der Waals surface area (Å²) in [5.74, 6) is 0.369. The van der Waals surface area contributed by atoms with Gasteiger partial charge in [0.25, 0.3) is 0 Å². The molecular weight excluding hydrogens is 388 g/mol. The molecule has 4 rings (SSSR count). The van der Waals surface area contributed by atoms with Gasteiger partial charge in [0.2, 0.25) is 5.91 Å². The van der Waals surface area contributed by atoms with Crippen molar-refractivity contribution in [2.24, 2.45) is 5.92 Å². The van der Waals surface area contributed by atoms with Crippen LogP contribution in [0.15, 0.2) is 60.8 Å². The number of benzene rings is 2. The minimum Gasteiger partial charge on any atom is -0.301 e. The van der Waals surface area contributed by atoms with Crippen molar-refractivity contribution in [2.75, 3.05) is 5.32 Å². The maximum atomic E-state index is 13.1. The monoisotopic (exact) mass is 410 g/mol. The molecule has 1 aromatic heterocycles. The van der Waals surface area contributed by atoms with E-state index in [2.05, 4.69) is 22.4 Å². The number of halogens is 1. The molecule has 1 aliphatic carbocycles. The maximum Gasteiger partial charge on any atom is 0.233 e. The lowest BCUT2D eigenvalue weighted by Gasteiger charge is -2.22. The van der Waals surface area contributed by atoms with Crippen LogP contribution in [0.2, 0.25) is 5.02 Å². The van der Waals surface area contributed by atoms with E-state index >= 15 is 0 Å². The van der Waals surface area contributed by atoms with Crippen LogP contribution in [0, 0.1) is 5.92 Å². The molecular formula is C23H23ClN2OS. The van der Waals surface area contributed by atoms with Gasteiger partial charge >= 0.3 is 0 Å². The number of aromatic nitrogens is 1. The minimum absolute atomic E-state index is 0.0606. The molecule has 0 radical (unpaired) electrons. The topological polar surface area (TPSA) is 42.0 Å². The van der Waals surface area contributed by atoms with Gasteiger partial charge in [-0.3, -0.25) is 4.79 Å². The Hall–Kier alpha value is -2.17. The maximum absolute atomic E-state index is 13.1. The van der Waals surface area contributed by atoms with Crippen molar-refractivity contribution in [3.05, 3.63) is 81.8 Å². The van der Waals surface area contributed by atoms with Crippen molar-refractivity contribution in [3.8, 4) is 0 Å². The second-order valence-corrected chi connectivity index (χ2v) is 8.91. The molecule has 2 aromatic carbocycles. The normalized spacial score (nSPS) is 15.5. The summed E-state index contributed by atoms with van der Waals surface area (Å²) in [4.78, 5) is 18.7. The molecule has 1 amide bonds. The van der Waals surface area contributed by atoms with Gasteiger partial charge in [-0.05, 0) is 42.0 Å². The highest BCUT2D eigenvalue weighted by molar-refractivity contribution is 7.15. The van der Waals surface area contributed by atoms with E-state index in [0.717, 1.165) is 34.7 Å². The third-order valence-corrected chi connectivity index (χ3v) is 6.55. The third kappa shape index (κ3) is 4.62. The average Bonchev–Trinajstić information content (AvgIpc) is 3.37. The first kappa shape index (κ1) is 19.2. The van der Waals surface area contributed by atoms with Crippen LogP contribution in [-0.4, -0.2) is 10.9 Å². The van der Waals surface area contributed by atoms with Gasteiger partial charge < -0.3 is 5.32 Å². The predicted octanol–water partition coefficient (Wildman–Crippen LogP) is 6.30. The van der Waals surface area contributed by atoms with E-state index in [1.807, 2.05) is 48.7 Å². The number of amides is 1. The summed E-state index contributed by atoms with van der Waals surface area (Å²) in [5, 5.41) is 4.49. The number of thiazole rings is 1. The van der Waals surface area contributed by atoms with Gasteiger partial charge in [-0.2, -0.15) is 0 Å². The van der Waals surface area contributed by atoms with Gasteiger partial charge in [-0.1, -0.05) is 66.9 Å². The van der Waals surface area contributed by atoms with Crippen LogP contribution >= 0.6 is 22.9 Å². The molecule has 1 aliphatic rings. The second-order valence-electron chi connectivity index (χ2n) is 7.36. The van der Waals surface area contributed by atoms with E-state index in [4.69, 9.17) is 11.6 Å². The Morgan fingerprint density at radius 3 is 2.54 bits per heavy atom. The number of anilines is 1. The van der Waals surface area contributed by atoms with Gasteiger partial charge in [0, 0.05) is 22.5 Å². The predicted molar refractivity (Wildman–Crippen MR) is 116 cm³/mol. The van der Waals surface area contributed by atoms with Crippen molar-refractivity contribution >= 4 is 34.0 Å². The quantitative estimate of drug-likeness (QED) is 0.518. The van der Waals surface area contributed by atoms with E-state index in [-0.39, 0.29) is 11.8 Å². The molecule has 1 unspecified atom stereocenters. The molecule has 0 saturated heterocycles. The minimum atomic E-state index is -0.104. The highest BCUT2D eigenvalue weighted by Crippen LogP contribution is 2.38. The van der Waals surface area contributed by atoms with Crippen molar-refractivity contribution < 1.29 is 4.79 Å². The standard InChI is InChI=1S/C23H23ClN2OS/c24-19-12-10-16(11-13-19)14-20-15-25-23(28-20)26-22(27)21(18-8-4-5-9-18)17-6-2-1-3-7-17/h1-3,6-7,10-13,15,18,21H,4-5,8-9,14H2,(H,25,26,27). The van der Waals surface area contributed by atoms with Gasteiger partial charge in [0.1, 0.15) is 0 Å². The van der Waals surface area contributed by atoms with Crippen LogP contribution < -0.4 is 5.32 Å². The first-order valence-electron chi connectivity index (χ1n) is 9.74. The number of nitrogens with one attached hydrogen (secondary N) is 1. The Labute approximate surface area is 174 Å².